The topological polar surface area (TPSA) is 91.7 Å². The van der Waals surface area contributed by atoms with E-state index in [-0.39, 0.29) is 11.8 Å². The minimum atomic E-state index is -1.52. The van der Waals surface area contributed by atoms with Crippen molar-refractivity contribution in [1.82, 2.24) is 0 Å². The molecule has 0 radical (unpaired) electrons. The van der Waals surface area contributed by atoms with Crippen molar-refractivity contribution in [3.63, 3.8) is 0 Å². The molecule has 0 saturated heterocycles. The number of Topliss-reactive ketones (excluding diaryl/α,β-unsaturated/α-hetero) is 2. The van der Waals surface area contributed by atoms with Gasteiger partial charge in [-0.3, -0.25) is 9.59 Å². The van der Waals surface area contributed by atoms with Gasteiger partial charge in [0.15, 0.2) is 11.5 Å². The van der Waals surface area contributed by atoms with Gasteiger partial charge in [-0.05, 0) is 18.3 Å². The number of rotatable bonds is 1. The highest BCUT2D eigenvalue weighted by Crippen LogP contribution is 2.52. The van der Waals surface area contributed by atoms with E-state index in [0.717, 1.165) is 0 Å². The molecule has 0 aromatic heterocycles. The van der Waals surface area contributed by atoms with E-state index in [1.807, 2.05) is 12.2 Å². The molecule has 0 heterocycles. The maximum Gasteiger partial charge on any atom is 0.343 e. The Morgan fingerprint density at radius 2 is 1.65 bits per heavy atom. The number of carboxylic acids is 1. The molecule has 5 heteroatoms. The van der Waals surface area contributed by atoms with Gasteiger partial charge in [0.25, 0.3) is 0 Å². The van der Waals surface area contributed by atoms with Crippen LogP contribution in [0.5, 0.6) is 0 Å². The van der Waals surface area contributed by atoms with Gasteiger partial charge in [0.05, 0.1) is 0 Å². The molecule has 2 N–H and O–H groups in total. The third-order valence-corrected chi connectivity index (χ3v) is 4.00. The van der Waals surface area contributed by atoms with Gasteiger partial charge in [-0.25, -0.2) is 4.79 Å². The molecule has 1 fully saturated rings. The number of fused-ring (bicyclic) bond motifs is 5. The molecule has 4 atom stereocenters. The van der Waals surface area contributed by atoms with Crippen LogP contribution in [0.3, 0.4) is 0 Å². The van der Waals surface area contributed by atoms with E-state index >= 15 is 0 Å². The van der Waals surface area contributed by atoms with Crippen LogP contribution in [-0.2, 0) is 14.4 Å². The lowest BCUT2D eigenvalue weighted by molar-refractivity contribution is -0.140. The fourth-order valence-electron chi connectivity index (χ4n) is 3.31. The fourth-order valence-corrected chi connectivity index (χ4v) is 3.31. The maximum atomic E-state index is 12.0. The van der Waals surface area contributed by atoms with Crippen LogP contribution in [0.1, 0.15) is 6.42 Å². The Morgan fingerprint density at radius 3 is 2.18 bits per heavy atom. The van der Waals surface area contributed by atoms with Crippen LogP contribution in [-0.4, -0.2) is 27.7 Å². The number of carboxylic acid groups (broad SMARTS) is 1. The zero-order valence-electron chi connectivity index (χ0n) is 8.79. The van der Waals surface area contributed by atoms with Crippen molar-refractivity contribution < 1.29 is 24.6 Å². The predicted octanol–water partition coefficient (Wildman–Crippen LogP) is 0.473. The lowest BCUT2D eigenvalue weighted by Gasteiger charge is -2.29. The summed E-state index contributed by atoms with van der Waals surface area (Å²) in [6, 6.07) is 0. The summed E-state index contributed by atoms with van der Waals surface area (Å²) < 4.78 is 0. The minimum Gasteiger partial charge on any atom is -0.504 e. The normalized spacial score (nSPS) is 38.8. The van der Waals surface area contributed by atoms with Crippen LogP contribution in [0.15, 0.2) is 23.5 Å². The first-order chi connectivity index (χ1) is 8.02. The average molecular weight is 234 g/mol. The van der Waals surface area contributed by atoms with Crippen LogP contribution < -0.4 is 0 Å². The first-order valence-corrected chi connectivity index (χ1v) is 5.45. The van der Waals surface area contributed by atoms with Crippen LogP contribution in [0.2, 0.25) is 0 Å². The number of aliphatic carboxylic acids is 1. The second-order valence-corrected chi connectivity index (χ2v) is 4.76. The Labute approximate surface area is 96.4 Å². The van der Waals surface area contributed by atoms with Gasteiger partial charge in [0, 0.05) is 11.8 Å². The van der Waals surface area contributed by atoms with Gasteiger partial charge >= 0.3 is 5.97 Å². The maximum absolute atomic E-state index is 12.0. The van der Waals surface area contributed by atoms with Gasteiger partial charge < -0.3 is 10.2 Å². The first kappa shape index (κ1) is 10.3. The van der Waals surface area contributed by atoms with Crippen LogP contribution in [0.4, 0.5) is 0 Å². The van der Waals surface area contributed by atoms with Crippen molar-refractivity contribution in [1.29, 1.82) is 0 Å². The highest BCUT2D eigenvalue weighted by molar-refractivity contribution is 6.25. The summed E-state index contributed by atoms with van der Waals surface area (Å²) in [4.78, 5) is 34.8. The largest absolute Gasteiger partial charge is 0.504 e. The molecule has 0 amide bonds. The molecule has 0 aromatic rings. The van der Waals surface area contributed by atoms with E-state index < -0.39 is 40.7 Å². The van der Waals surface area contributed by atoms with E-state index in [0.29, 0.717) is 6.42 Å². The van der Waals surface area contributed by atoms with Crippen LogP contribution >= 0.6 is 0 Å². The fraction of sp³-hybridized carbons (Fsp3) is 0.417. The molecule has 5 nitrogen and oxygen atoms in total. The highest BCUT2D eigenvalue weighted by atomic mass is 16.4. The number of aliphatic hydroxyl groups excluding tert-OH is 1. The summed E-state index contributed by atoms with van der Waals surface area (Å²) in [5.74, 6) is -4.81. The zero-order chi connectivity index (χ0) is 12.3. The Balaban J connectivity index is 2.14. The van der Waals surface area contributed by atoms with Gasteiger partial charge in [-0.15, -0.1) is 0 Å². The monoisotopic (exact) mass is 234 g/mol. The van der Waals surface area contributed by atoms with E-state index in [9.17, 15) is 19.5 Å². The summed E-state index contributed by atoms with van der Waals surface area (Å²) >= 11 is 0. The number of allylic oxidation sites excluding steroid dienone is 3. The molecule has 3 aliphatic rings. The number of ketones is 2. The average Bonchev–Trinajstić information content (AvgIpc) is 2.85. The highest BCUT2D eigenvalue weighted by Gasteiger charge is 2.56. The molecule has 1 saturated carbocycles. The van der Waals surface area contributed by atoms with Crippen molar-refractivity contribution in [2.24, 2.45) is 23.7 Å². The van der Waals surface area contributed by atoms with Crippen molar-refractivity contribution in [2.45, 2.75) is 6.42 Å². The van der Waals surface area contributed by atoms with Crippen molar-refractivity contribution >= 4 is 17.5 Å². The van der Waals surface area contributed by atoms with Crippen LogP contribution in [0, 0.1) is 23.7 Å². The van der Waals surface area contributed by atoms with Gasteiger partial charge in [-0.2, -0.15) is 0 Å². The molecular formula is C12H10O5. The smallest absolute Gasteiger partial charge is 0.343 e. The van der Waals surface area contributed by atoms with E-state index in [4.69, 9.17) is 5.11 Å². The SMILES string of the molecule is O=C(O)C1=C(O)C(=O)C2C3C=CC(C3)C2C1=O. The van der Waals surface area contributed by atoms with E-state index in [2.05, 4.69) is 0 Å². The van der Waals surface area contributed by atoms with Crippen molar-refractivity contribution in [3.05, 3.63) is 23.5 Å². The summed E-state index contributed by atoms with van der Waals surface area (Å²) in [5, 5.41) is 18.4. The number of hydrogen-bond acceptors (Lipinski definition) is 4. The molecule has 88 valence electrons. The molecule has 17 heavy (non-hydrogen) atoms. The molecule has 0 spiro atoms. The second kappa shape index (κ2) is 3.06. The second-order valence-electron chi connectivity index (χ2n) is 4.76. The molecule has 3 aliphatic carbocycles. The van der Waals surface area contributed by atoms with Crippen molar-refractivity contribution in [3.8, 4) is 0 Å². The quantitative estimate of drug-likeness (QED) is 0.508. The first-order valence-electron chi connectivity index (χ1n) is 5.45. The summed E-state index contributed by atoms with van der Waals surface area (Å²) in [5.41, 5.74) is -0.739. The Kier molecular flexibility index (Phi) is 1.85. The van der Waals surface area contributed by atoms with Gasteiger partial charge in [-0.1, -0.05) is 12.2 Å². The van der Waals surface area contributed by atoms with E-state index in [1.165, 1.54) is 0 Å². The lowest BCUT2D eigenvalue weighted by atomic mass is 9.71. The van der Waals surface area contributed by atoms with Crippen molar-refractivity contribution in [2.75, 3.05) is 0 Å². The van der Waals surface area contributed by atoms with Gasteiger partial charge in [0.1, 0.15) is 5.57 Å². The van der Waals surface area contributed by atoms with E-state index in [1.54, 1.807) is 0 Å². The van der Waals surface area contributed by atoms with Gasteiger partial charge in [0.2, 0.25) is 5.78 Å². The number of hydrogen-bond donors (Lipinski definition) is 2. The van der Waals surface area contributed by atoms with Crippen LogP contribution in [0.25, 0.3) is 0 Å². The molecule has 0 aromatic carbocycles. The molecule has 0 aliphatic heterocycles. The predicted molar refractivity (Wildman–Crippen MR) is 55.0 cm³/mol. The summed E-state index contributed by atoms with van der Waals surface area (Å²) in [6.07, 6.45) is 4.46. The molecule has 3 rings (SSSR count). The number of aliphatic hydroxyl groups is 1. The Hall–Kier alpha value is -1.91. The zero-order valence-corrected chi connectivity index (χ0v) is 8.79. The Bertz CT molecular complexity index is 513. The molecule has 2 bridgehead atoms. The standard InChI is InChI=1S/C12H10O5/c13-9-6-4-1-2-5(3-4)7(6)10(14)11(15)8(9)12(16)17/h1-2,4-7,15H,3H2,(H,16,17). The molecule has 4 unspecified atom stereocenters. The minimum absolute atomic E-state index is 0.0288. The summed E-state index contributed by atoms with van der Waals surface area (Å²) in [7, 11) is 0. The third kappa shape index (κ3) is 1.11. The third-order valence-electron chi connectivity index (χ3n) is 4.00. The molecular weight excluding hydrogens is 224 g/mol. The summed E-state index contributed by atoms with van der Waals surface area (Å²) in [6.45, 7) is 0. The number of carbonyl (C=O) groups excluding carboxylic acids is 2. The number of carbonyl (C=O) groups is 3. The Morgan fingerprint density at radius 1 is 1.12 bits per heavy atom. The lowest BCUT2D eigenvalue weighted by Crippen LogP contribution is -2.41.